The number of carbonyl (C=O) groups excluding carboxylic acids is 1. The van der Waals surface area contributed by atoms with Crippen molar-refractivity contribution in [3.63, 3.8) is 0 Å². The maximum absolute atomic E-state index is 11.9. The van der Waals surface area contributed by atoms with Crippen molar-refractivity contribution >= 4 is 22.4 Å². The smallest absolute Gasteiger partial charge is 0.282 e. The van der Waals surface area contributed by atoms with Crippen LogP contribution in [0.5, 0.6) is 0 Å². The van der Waals surface area contributed by atoms with E-state index >= 15 is 0 Å². The van der Waals surface area contributed by atoms with Gasteiger partial charge < -0.3 is 15.4 Å². The molecular formula is C11H18N4O2S. The first-order valence-electron chi connectivity index (χ1n) is 6.22. The zero-order valence-corrected chi connectivity index (χ0v) is 11.4. The summed E-state index contributed by atoms with van der Waals surface area (Å²) in [5.41, 5.74) is 0. The first-order chi connectivity index (χ1) is 8.72. The summed E-state index contributed by atoms with van der Waals surface area (Å²) in [6, 6.07) is 0.209. The summed E-state index contributed by atoms with van der Waals surface area (Å²) in [6.45, 7) is 5.46. The van der Waals surface area contributed by atoms with Crippen molar-refractivity contribution in [2.24, 2.45) is 0 Å². The Kier molecular flexibility index (Phi) is 4.48. The third-order valence-corrected chi connectivity index (χ3v) is 3.66. The van der Waals surface area contributed by atoms with Crippen LogP contribution in [0.3, 0.4) is 0 Å². The van der Waals surface area contributed by atoms with Crippen LogP contribution in [0.15, 0.2) is 0 Å². The van der Waals surface area contributed by atoms with Crippen molar-refractivity contribution in [2.75, 3.05) is 18.5 Å². The van der Waals surface area contributed by atoms with E-state index in [1.807, 2.05) is 13.8 Å². The zero-order chi connectivity index (χ0) is 13.0. The number of nitrogens with zero attached hydrogens (tertiary/aromatic N) is 2. The normalized spacial score (nSPS) is 22.3. The van der Waals surface area contributed by atoms with Gasteiger partial charge >= 0.3 is 0 Å². The molecule has 0 unspecified atom stereocenters. The van der Waals surface area contributed by atoms with Crippen LogP contribution in [0.25, 0.3) is 0 Å². The predicted molar refractivity (Wildman–Crippen MR) is 70.0 cm³/mol. The van der Waals surface area contributed by atoms with Crippen molar-refractivity contribution in [1.82, 2.24) is 15.5 Å². The van der Waals surface area contributed by atoms with Gasteiger partial charge in [0.2, 0.25) is 10.1 Å². The Morgan fingerprint density at radius 3 is 2.89 bits per heavy atom. The van der Waals surface area contributed by atoms with Crippen LogP contribution >= 0.6 is 11.3 Å². The summed E-state index contributed by atoms with van der Waals surface area (Å²) < 4.78 is 5.44. The molecule has 1 aromatic rings. The summed E-state index contributed by atoms with van der Waals surface area (Å²) in [5, 5.41) is 14.8. The molecule has 1 fully saturated rings. The Balaban J connectivity index is 1.78. The second kappa shape index (κ2) is 6.10. The average molecular weight is 270 g/mol. The standard InChI is InChI=1S/C11H18N4O2S/c1-3-12-11-15-14-10(18-11)9(16)13-7-5-8(6-7)17-4-2/h7-8H,3-6H2,1-2H3,(H,12,15)(H,13,16). The van der Waals surface area contributed by atoms with Crippen molar-refractivity contribution in [3.05, 3.63) is 5.01 Å². The Hall–Kier alpha value is -1.21. The van der Waals surface area contributed by atoms with Crippen LogP contribution in [0.4, 0.5) is 5.13 Å². The summed E-state index contributed by atoms with van der Waals surface area (Å²) in [6.07, 6.45) is 2.07. The monoisotopic (exact) mass is 270 g/mol. The van der Waals surface area contributed by atoms with Crippen LogP contribution in [0.2, 0.25) is 0 Å². The summed E-state index contributed by atoms with van der Waals surface area (Å²) in [4.78, 5) is 11.9. The number of ether oxygens (including phenoxy) is 1. The molecule has 0 radical (unpaired) electrons. The van der Waals surface area contributed by atoms with Crippen LogP contribution in [-0.4, -0.2) is 41.4 Å². The minimum Gasteiger partial charge on any atom is -0.378 e. The lowest BCUT2D eigenvalue weighted by Crippen LogP contribution is -2.47. The van der Waals surface area contributed by atoms with Crippen LogP contribution < -0.4 is 10.6 Å². The SMILES string of the molecule is CCNc1nnc(C(=O)NC2CC(OCC)C2)s1. The average Bonchev–Trinajstić information content (AvgIpc) is 2.75. The molecule has 18 heavy (non-hydrogen) atoms. The molecule has 0 atom stereocenters. The van der Waals surface area contributed by atoms with Crippen LogP contribution in [0.1, 0.15) is 36.5 Å². The van der Waals surface area contributed by atoms with Crippen molar-refractivity contribution in [3.8, 4) is 0 Å². The molecule has 6 nitrogen and oxygen atoms in total. The third-order valence-electron chi connectivity index (χ3n) is 2.78. The van der Waals surface area contributed by atoms with E-state index in [2.05, 4.69) is 20.8 Å². The molecule has 2 N–H and O–H groups in total. The molecule has 7 heteroatoms. The maximum Gasteiger partial charge on any atom is 0.282 e. The van der Waals surface area contributed by atoms with Gasteiger partial charge in [0.1, 0.15) is 0 Å². The second-order valence-electron chi connectivity index (χ2n) is 4.16. The third kappa shape index (κ3) is 3.17. The van der Waals surface area contributed by atoms with E-state index in [1.165, 1.54) is 11.3 Å². The molecule has 0 bridgehead atoms. The summed E-state index contributed by atoms with van der Waals surface area (Å²) >= 11 is 1.28. The van der Waals surface area contributed by atoms with Crippen LogP contribution in [-0.2, 0) is 4.74 Å². The van der Waals surface area contributed by atoms with Gasteiger partial charge in [0.05, 0.1) is 6.10 Å². The number of nitrogens with one attached hydrogen (secondary N) is 2. The number of anilines is 1. The van der Waals surface area contributed by atoms with Gasteiger partial charge in [-0.3, -0.25) is 4.79 Å². The molecule has 0 spiro atoms. The van der Waals surface area contributed by atoms with Gasteiger partial charge in [-0.15, -0.1) is 10.2 Å². The molecule has 1 heterocycles. The highest BCUT2D eigenvalue weighted by atomic mass is 32.1. The van der Waals surface area contributed by atoms with Crippen molar-refractivity contribution in [1.29, 1.82) is 0 Å². The lowest BCUT2D eigenvalue weighted by Gasteiger charge is -2.35. The molecule has 1 aromatic heterocycles. The Labute approximate surface area is 110 Å². The molecule has 2 rings (SSSR count). The van der Waals surface area contributed by atoms with Crippen molar-refractivity contribution in [2.45, 2.75) is 38.8 Å². The fourth-order valence-electron chi connectivity index (χ4n) is 1.84. The second-order valence-corrected chi connectivity index (χ2v) is 5.14. The van der Waals surface area contributed by atoms with E-state index < -0.39 is 0 Å². The summed E-state index contributed by atoms with van der Waals surface area (Å²) in [7, 11) is 0. The Bertz CT molecular complexity index is 404. The number of aromatic nitrogens is 2. The molecule has 0 saturated heterocycles. The largest absolute Gasteiger partial charge is 0.378 e. The lowest BCUT2D eigenvalue weighted by atomic mass is 9.89. The first-order valence-corrected chi connectivity index (χ1v) is 7.04. The fourth-order valence-corrected chi connectivity index (χ4v) is 2.55. The molecule has 1 aliphatic rings. The quantitative estimate of drug-likeness (QED) is 0.814. The molecule has 1 amide bonds. The minimum absolute atomic E-state index is 0.142. The van der Waals surface area contributed by atoms with Crippen molar-refractivity contribution < 1.29 is 9.53 Å². The zero-order valence-electron chi connectivity index (χ0n) is 10.6. The van der Waals surface area contributed by atoms with Gasteiger partial charge in [-0.1, -0.05) is 11.3 Å². The highest BCUT2D eigenvalue weighted by Gasteiger charge is 2.31. The van der Waals surface area contributed by atoms with E-state index in [1.54, 1.807) is 0 Å². The minimum atomic E-state index is -0.142. The van der Waals surface area contributed by atoms with E-state index in [9.17, 15) is 4.79 Å². The Morgan fingerprint density at radius 2 is 2.22 bits per heavy atom. The van der Waals surface area contributed by atoms with Gasteiger partial charge in [0.25, 0.3) is 5.91 Å². The highest BCUT2D eigenvalue weighted by Crippen LogP contribution is 2.24. The maximum atomic E-state index is 11.9. The van der Waals surface area contributed by atoms with Gasteiger partial charge in [-0.25, -0.2) is 0 Å². The van der Waals surface area contributed by atoms with Gasteiger partial charge in [-0.05, 0) is 26.7 Å². The topological polar surface area (TPSA) is 76.1 Å². The van der Waals surface area contributed by atoms with Gasteiger partial charge in [0.15, 0.2) is 0 Å². The summed E-state index contributed by atoms with van der Waals surface area (Å²) in [5.74, 6) is -0.142. The molecule has 0 aliphatic heterocycles. The van der Waals surface area contributed by atoms with E-state index in [0.29, 0.717) is 16.2 Å². The number of hydrogen-bond acceptors (Lipinski definition) is 6. The predicted octanol–water partition coefficient (Wildman–Crippen LogP) is 1.27. The van der Waals surface area contributed by atoms with Gasteiger partial charge in [-0.2, -0.15) is 0 Å². The number of rotatable bonds is 6. The molecule has 1 saturated carbocycles. The number of amides is 1. The highest BCUT2D eigenvalue weighted by molar-refractivity contribution is 7.17. The number of hydrogen-bond donors (Lipinski definition) is 2. The van der Waals surface area contributed by atoms with E-state index in [-0.39, 0.29) is 11.9 Å². The molecule has 1 aliphatic carbocycles. The van der Waals surface area contributed by atoms with E-state index in [0.717, 1.165) is 26.0 Å². The fraction of sp³-hybridized carbons (Fsp3) is 0.727. The van der Waals surface area contributed by atoms with E-state index in [4.69, 9.17) is 4.74 Å². The molecule has 100 valence electrons. The molecule has 0 aromatic carbocycles. The van der Waals surface area contributed by atoms with Crippen LogP contribution in [0, 0.1) is 0 Å². The first kappa shape index (κ1) is 13.2. The lowest BCUT2D eigenvalue weighted by molar-refractivity contribution is -0.00863. The number of carbonyl (C=O) groups is 1. The Morgan fingerprint density at radius 1 is 1.44 bits per heavy atom. The molecular weight excluding hydrogens is 252 g/mol. The van der Waals surface area contributed by atoms with Gasteiger partial charge in [0, 0.05) is 19.2 Å².